The number of carbonyl (C=O) groups excluding carboxylic acids is 1. The predicted octanol–water partition coefficient (Wildman–Crippen LogP) is 4.98. The van der Waals surface area contributed by atoms with Crippen LogP contribution in [0.3, 0.4) is 0 Å². The Balaban J connectivity index is 1.50. The summed E-state index contributed by atoms with van der Waals surface area (Å²) in [4.78, 5) is 19.1. The number of benzene rings is 2. The lowest BCUT2D eigenvalue weighted by atomic mass is 10.0. The highest BCUT2D eigenvalue weighted by molar-refractivity contribution is 7.10. The molecule has 2 atom stereocenters. The van der Waals surface area contributed by atoms with Crippen LogP contribution in [0.25, 0.3) is 11.3 Å². The van der Waals surface area contributed by atoms with E-state index in [0.717, 1.165) is 54.1 Å². The van der Waals surface area contributed by atoms with Crippen molar-refractivity contribution in [3.05, 3.63) is 71.1 Å². The summed E-state index contributed by atoms with van der Waals surface area (Å²) in [6, 6.07) is 19.8. The van der Waals surface area contributed by atoms with Crippen LogP contribution in [0, 0.1) is 0 Å². The first-order chi connectivity index (χ1) is 13.8. The fraction of sp³-hybridized carbons (Fsp3) is 0.304. The largest absolute Gasteiger partial charge is 0.491 e. The third-order valence-corrected chi connectivity index (χ3v) is 6.11. The standard InChI is InChI=1S/C23H24N2O2S/c26-15-19(16-27-20-11-5-2-6-12-20)25-14-8-7-13-22(25)23-24-21(17-28-23)18-9-3-1-4-10-18/h1-6,9-12,15,17,19,22H,7-8,13-14,16H2. The molecule has 0 spiro atoms. The maximum Gasteiger partial charge on any atom is 0.140 e. The van der Waals surface area contributed by atoms with Gasteiger partial charge in [-0.25, -0.2) is 4.98 Å². The van der Waals surface area contributed by atoms with Crippen molar-refractivity contribution in [2.24, 2.45) is 0 Å². The summed E-state index contributed by atoms with van der Waals surface area (Å²) in [6.07, 6.45) is 4.31. The Bertz CT molecular complexity index is 882. The lowest BCUT2D eigenvalue weighted by molar-refractivity contribution is -0.115. The van der Waals surface area contributed by atoms with Crippen LogP contribution in [0.1, 0.15) is 30.3 Å². The molecule has 2 heterocycles. The molecule has 28 heavy (non-hydrogen) atoms. The summed E-state index contributed by atoms with van der Waals surface area (Å²) in [6.45, 7) is 1.26. The molecule has 0 aliphatic carbocycles. The second-order valence-electron chi connectivity index (χ2n) is 7.01. The SMILES string of the molecule is O=CC(COc1ccccc1)N1CCCCC1c1nc(-c2ccccc2)cs1. The predicted molar refractivity (Wildman–Crippen MR) is 113 cm³/mol. The second-order valence-corrected chi connectivity index (χ2v) is 7.90. The first kappa shape index (κ1) is 18.8. The molecule has 5 heteroatoms. The first-order valence-corrected chi connectivity index (χ1v) is 10.6. The molecule has 0 N–H and O–H groups in total. The zero-order valence-electron chi connectivity index (χ0n) is 15.7. The van der Waals surface area contributed by atoms with Crippen LogP contribution in [0.5, 0.6) is 5.75 Å². The molecular weight excluding hydrogens is 368 g/mol. The van der Waals surface area contributed by atoms with Crippen molar-refractivity contribution in [1.29, 1.82) is 0 Å². The number of piperidine rings is 1. The topological polar surface area (TPSA) is 42.4 Å². The van der Waals surface area contributed by atoms with Crippen LogP contribution in [-0.2, 0) is 4.79 Å². The van der Waals surface area contributed by atoms with Gasteiger partial charge in [-0.2, -0.15) is 0 Å². The maximum atomic E-state index is 11.9. The monoisotopic (exact) mass is 392 g/mol. The van der Waals surface area contributed by atoms with Gasteiger partial charge in [-0.15, -0.1) is 11.3 Å². The molecule has 1 aliphatic heterocycles. The molecule has 1 aromatic heterocycles. The van der Waals surface area contributed by atoms with E-state index < -0.39 is 0 Å². The van der Waals surface area contributed by atoms with Crippen molar-refractivity contribution < 1.29 is 9.53 Å². The van der Waals surface area contributed by atoms with Gasteiger partial charge >= 0.3 is 0 Å². The van der Waals surface area contributed by atoms with Gasteiger partial charge in [0.15, 0.2) is 0 Å². The summed E-state index contributed by atoms with van der Waals surface area (Å²) in [7, 11) is 0. The Morgan fingerprint density at radius 2 is 1.86 bits per heavy atom. The Hall–Kier alpha value is -2.50. The van der Waals surface area contributed by atoms with Crippen LogP contribution >= 0.6 is 11.3 Å². The summed E-state index contributed by atoms with van der Waals surface area (Å²) < 4.78 is 5.88. The van der Waals surface area contributed by atoms with E-state index in [0.29, 0.717) is 6.61 Å². The molecule has 4 nitrogen and oxygen atoms in total. The highest BCUT2D eigenvalue weighted by atomic mass is 32.1. The van der Waals surface area contributed by atoms with Crippen molar-refractivity contribution in [1.82, 2.24) is 9.88 Å². The maximum absolute atomic E-state index is 11.9. The second kappa shape index (κ2) is 9.13. The van der Waals surface area contributed by atoms with Crippen molar-refractivity contribution in [3.63, 3.8) is 0 Å². The molecule has 2 aromatic carbocycles. The Morgan fingerprint density at radius 3 is 2.61 bits per heavy atom. The summed E-state index contributed by atoms with van der Waals surface area (Å²) in [5, 5.41) is 3.21. The van der Waals surface area contributed by atoms with Crippen molar-refractivity contribution in [3.8, 4) is 17.0 Å². The molecule has 3 aromatic rings. The van der Waals surface area contributed by atoms with Crippen LogP contribution in [0.15, 0.2) is 66.0 Å². The number of hydrogen-bond donors (Lipinski definition) is 0. The summed E-state index contributed by atoms with van der Waals surface area (Å²) >= 11 is 1.69. The van der Waals surface area contributed by atoms with Crippen molar-refractivity contribution >= 4 is 17.6 Å². The minimum Gasteiger partial charge on any atom is -0.491 e. The van der Waals surface area contributed by atoms with Gasteiger partial charge in [0.2, 0.25) is 0 Å². The average molecular weight is 393 g/mol. The molecule has 1 aliphatic rings. The van der Waals surface area contributed by atoms with Crippen molar-refractivity contribution in [2.45, 2.75) is 31.3 Å². The lowest BCUT2D eigenvalue weighted by Crippen LogP contribution is -2.45. The molecule has 0 radical (unpaired) electrons. The number of aromatic nitrogens is 1. The van der Waals surface area contributed by atoms with Gasteiger partial charge in [0.25, 0.3) is 0 Å². The van der Waals surface area contributed by atoms with E-state index in [1.807, 2.05) is 48.5 Å². The zero-order valence-corrected chi connectivity index (χ0v) is 16.6. The summed E-state index contributed by atoms with van der Waals surface area (Å²) in [5.41, 5.74) is 2.14. The van der Waals surface area contributed by atoms with E-state index >= 15 is 0 Å². The number of aldehydes is 1. The van der Waals surface area contributed by atoms with Crippen LogP contribution < -0.4 is 4.74 Å². The number of thiazole rings is 1. The van der Waals surface area contributed by atoms with E-state index in [1.54, 1.807) is 11.3 Å². The highest BCUT2D eigenvalue weighted by Crippen LogP contribution is 2.35. The van der Waals surface area contributed by atoms with Crippen LogP contribution in [0.4, 0.5) is 0 Å². The number of para-hydroxylation sites is 1. The molecule has 0 saturated carbocycles. The third kappa shape index (κ3) is 4.32. The molecular formula is C23H24N2O2S. The summed E-state index contributed by atoms with van der Waals surface area (Å²) in [5.74, 6) is 0.795. The van der Waals surface area contributed by atoms with Crippen LogP contribution in [-0.4, -0.2) is 35.4 Å². The van der Waals surface area contributed by atoms with Gasteiger partial charge in [0.05, 0.1) is 11.7 Å². The van der Waals surface area contributed by atoms with Crippen molar-refractivity contribution in [2.75, 3.05) is 13.2 Å². The van der Waals surface area contributed by atoms with Gasteiger partial charge in [0, 0.05) is 10.9 Å². The molecule has 0 bridgehead atoms. The number of ether oxygens (including phenoxy) is 1. The number of nitrogens with zero attached hydrogens (tertiary/aromatic N) is 2. The quantitative estimate of drug-likeness (QED) is 0.532. The molecule has 4 rings (SSSR count). The molecule has 1 fully saturated rings. The molecule has 2 unspecified atom stereocenters. The number of hydrogen-bond acceptors (Lipinski definition) is 5. The third-order valence-electron chi connectivity index (χ3n) is 5.17. The molecule has 144 valence electrons. The minimum atomic E-state index is -0.269. The number of carbonyl (C=O) groups is 1. The van der Waals surface area contributed by atoms with E-state index in [-0.39, 0.29) is 12.1 Å². The van der Waals surface area contributed by atoms with Gasteiger partial charge in [-0.1, -0.05) is 55.0 Å². The normalized spacial score (nSPS) is 18.5. The highest BCUT2D eigenvalue weighted by Gasteiger charge is 2.32. The number of rotatable bonds is 7. The smallest absolute Gasteiger partial charge is 0.140 e. The minimum absolute atomic E-state index is 0.172. The Morgan fingerprint density at radius 1 is 1.11 bits per heavy atom. The molecule has 1 saturated heterocycles. The lowest BCUT2D eigenvalue weighted by Gasteiger charge is -2.37. The van der Waals surface area contributed by atoms with E-state index in [2.05, 4.69) is 22.4 Å². The number of likely N-dealkylation sites (tertiary alicyclic amines) is 1. The molecule has 0 amide bonds. The van der Waals surface area contributed by atoms with Gasteiger partial charge in [-0.05, 0) is 31.5 Å². The fourth-order valence-corrected chi connectivity index (χ4v) is 4.69. The van der Waals surface area contributed by atoms with E-state index in [9.17, 15) is 4.79 Å². The Kier molecular flexibility index (Phi) is 6.14. The van der Waals surface area contributed by atoms with Gasteiger partial charge in [-0.3, -0.25) is 4.90 Å². The van der Waals surface area contributed by atoms with Crippen LogP contribution in [0.2, 0.25) is 0 Å². The fourth-order valence-electron chi connectivity index (χ4n) is 3.71. The van der Waals surface area contributed by atoms with Gasteiger partial charge < -0.3 is 9.53 Å². The van der Waals surface area contributed by atoms with E-state index in [1.165, 1.54) is 0 Å². The van der Waals surface area contributed by atoms with Gasteiger partial charge in [0.1, 0.15) is 29.7 Å². The first-order valence-electron chi connectivity index (χ1n) is 9.75. The average Bonchev–Trinajstić information content (AvgIpc) is 3.26. The zero-order chi connectivity index (χ0) is 19.2. The van der Waals surface area contributed by atoms with E-state index in [4.69, 9.17) is 9.72 Å². The Labute approximate surface area is 169 Å².